The number of hydrogen-bond acceptors (Lipinski definition) is 3. The van der Waals surface area contributed by atoms with Gasteiger partial charge in [0.25, 0.3) is 0 Å². The van der Waals surface area contributed by atoms with Gasteiger partial charge in [-0.15, -0.1) is 0 Å². The maximum atomic E-state index is 12.4. The van der Waals surface area contributed by atoms with E-state index >= 15 is 0 Å². The molecule has 0 radical (unpaired) electrons. The molecule has 0 saturated carbocycles. The van der Waals surface area contributed by atoms with Gasteiger partial charge < -0.3 is 15.0 Å². The number of amides is 1. The quantitative estimate of drug-likeness (QED) is 0.683. The van der Waals surface area contributed by atoms with Crippen molar-refractivity contribution in [2.45, 2.75) is 44.7 Å². The van der Waals surface area contributed by atoms with Crippen LogP contribution >= 0.6 is 0 Å². The number of ether oxygens (including phenoxy) is 1. The van der Waals surface area contributed by atoms with Gasteiger partial charge in [0.1, 0.15) is 5.75 Å². The van der Waals surface area contributed by atoms with Gasteiger partial charge in [-0.3, -0.25) is 4.79 Å². The van der Waals surface area contributed by atoms with Crippen LogP contribution in [0.3, 0.4) is 0 Å². The number of nitrogens with one attached hydrogen (secondary N) is 1. The summed E-state index contributed by atoms with van der Waals surface area (Å²) >= 11 is 0. The van der Waals surface area contributed by atoms with Gasteiger partial charge in [-0.2, -0.15) is 0 Å². The third kappa shape index (κ3) is 5.33. The summed E-state index contributed by atoms with van der Waals surface area (Å²) in [6.07, 6.45) is 2.65. The van der Waals surface area contributed by atoms with Crippen molar-refractivity contribution in [3.63, 3.8) is 0 Å². The molecule has 1 N–H and O–H groups in total. The fourth-order valence-electron chi connectivity index (χ4n) is 3.81. The van der Waals surface area contributed by atoms with Crippen molar-refractivity contribution in [1.29, 1.82) is 0 Å². The standard InChI is InChI=1S/C23H30N2O2/c1-18(20-8-4-3-5-9-20)17-25-21(11-12-23(25)26)13-14-24-16-19-7-6-10-22(15-19)27-2/h3-10,15,18,21,24H,11-14,16-17H2,1-2H3/t18-,21-/m0/s1. The first-order chi connectivity index (χ1) is 13.2. The van der Waals surface area contributed by atoms with Crippen LogP contribution in [0.4, 0.5) is 0 Å². The lowest BCUT2D eigenvalue weighted by Gasteiger charge is -2.28. The zero-order valence-corrected chi connectivity index (χ0v) is 16.4. The number of carbonyl (C=O) groups excluding carboxylic acids is 1. The van der Waals surface area contributed by atoms with Gasteiger partial charge in [-0.25, -0.2) is 0 Å². The molecule has 1 fully saturated rings. The average molecular weight is 367 g/mol. The molecule has 144 valence electrons. The summed E-state index contributed by atoms with van der Waals surface area (Å²) in [5.74, 6) is 1.55. The van der Waals surface area contributed by atoms with E-state index in [-0.39, 0.29) is 0 Å². The highest BCUT2D eigenvalue weighted by Crippen LogP contribution is 2.25. The molecule has 0 spiro atoms. The third-order valence-corrected chi connectivity index (χ3v) is 5.41. The monoisotopic (exact) mass is 366 g/mol. The third-order valence-electron chi connectivity index (χ3n) is 5.41. The Morgan fingerprint density at radius 1 is 1.19 bits per heavy atom. The summed E-state index contributed by atoms with van der Waals surface area (Å²) in [7, 11) is 1.69. The van der Waals surface area contributed by atoms with Crippen LogP contribution in [-0.4, -0.2) is 37.0 Å². The Balaban J connectivity index is 1.47. The predicted molar refractivity (Wildman–Crippen MR) is 109 cm³/mol. The Hall–Kier alpha value is -2.33. The number of likely N-dealkylation sites (tertiary alicyclic amines) is 1. The Morgan fingerprint density at radius 3 is 2.78 bits per heavy atom. The molecule has 4 heteroatoms. The molecule has 1 aliphatic rings. The Bertz CT molecular complexity index is 732. The van der Waals surface area contributed by atoms with E-state index in [4.69, 9.17) is 4.74 Å². The first-order valence-corrected chi connectivity index (χ1v) is 9.85. The van der Waals surface area contributed by atoms with E-state index < -0.39 is 0 Å². The van der Waals surface area contributed by atoms with Crippen LogP contribution < -0.4 is 10.1 Å². The van der Waals surface area contributed by atoms with E-state index in [1.807, 2.05) is 18.2 Å². The number of nitrogens with zero attached hydrogens (tertiary/aromatic N) is 1. The van der Waals surface area contributed by atoms with E-state index in [0.717, 1.165) is 38.2 Å². The molecule has 1 heterocycles. The van der Waals surface area contributed by atoms with Crippen LogP contribution in [0.5, 0.6) is 5.75 Å². The largest absolute Gasteiger partial charge is 0.497 e. The number of carbonyl (C=O) groups is 1. The second-order valence-electron chi connectivity index (χ2n) is 7.37. The van der Waals surface area contributed by atoms with Crippen molar-refractivity contribution < 1.29 is 9.53 Å². The number of rotatable bonds is 9. The zero-order valence-electron chi connectivity index (χ0n) is 16.4. The Labute approximate surface area is 162 Å². The molecular weight excluding hydrogens is 336 g/mol. The topological polar surface area (TPSA) is 41.6 Å². The number of benzene rings is 2. The lowest BCUT2D eigenvalue weighted by Crippen LogP contribution is -2.37. The second kappa shape index (κ2) is 9.56. The van der Waals surface area contributed by atoms with Gasteiger partial charge in [0.05, 0.1) is 7.11 Å². The maximum Gasteiger partial charge on any atom is 0.222 e. The van der Waals surface area contributed by atoms with E-state index in [1.165, 1.54) is 11.1 Å². The van der Waals surface area contributed by atoms with Crippen molar-refractivity contribution in [1.82, 2.24) is 10.2 Å². The van der Waals surface area contributed by atoms with Crippen LogP contribution in [0, 0.1) is 0 Å². The van der Waals surface area contributed by atoms with Gasteiger partial charge in [0.15, 0.2) is 0 Å². The van der Waals surface area contributed by atoms with E-state index in [9.17, 15) is 4.79 Å². The fourth-order valence-corrected chi connectivity index (χ4v) is 3.81. The average Bonchev–Trinajstić information content (AvgIpc) is 3.05. The maximum absolute atomic E-state index is 12.4. The zero-order chi connectivity index (χ0) is 19.1. The number of hydrogen-bond donors (Lipinski definition) is 1. The molecule has 3 rings (SSSR count). The molecule has 2 aromatic carbocycles. The molecule has 2 atom stereocenters. The first kappa shape index (κ1) is 19.4. The molecule has 27 heavy (non-hydrogen) atoms. The molecule has 1 amide bonds. The number of methoxy groups -OCH3 is 1. The van der Waals surface area contributed by atoms with Gasteiger partial charge in [-0.05, 0) is 48.6 Å². The highest BCUT2D eigenvalue weighted by molar-refractivity contribution is 5.78. The van der Waals surface area contributed by atoms with E-state index in [0.29, 0.717) is 24.3 Å². The smallest absolute Gasteiger partial charge is 0.222 e. The summed E-state index contributed by atoms with van der Waals surface area (Å²) in [6.45, 7) is 4.74. The van der Waals surface area contributed by atoms with Crippen molar-refractivity contribution in [3.8, 4) is 5.75 Å². The molecule has 1 aliphatic heterocycles. The highest BCUT2D eigenvalue weighted by Gasteiger charge is 2.31. The van der Waals surface area contributed by atoms with E-state index in [1.54, 1.807) is 7.11 Å². The predicted octanol–water partition coefficient (Wildman–Crippen LogP) is 3.97. The fraction of sp³-hybridized carbons (Fsp3) is 0.435. The van der Waals surface area contributed by atoms with Crippen LogP contribution in [0.1, 0.15) is 43.2 Å². The van der Waals surface area contributed by atoms with Crippen molar-refractivity contribution >= 4 is 5.91 Å². The minimum Gasteiger partial charge on any atom is -0.497 e. The van der Waals surface area contributed by atoms with Gasteiger partial charge in [-0.1, -0.05) is 49.4 Å². The summed E-state index contributed by atoms with van der Waals surface area (Å²) in [4.78, 5) is 14.5. The SMILES string of the molecule is COc1cccc(CNCC[C@@H]2CCC(=O)N2C[C@H](C)c2ccccc2)c1. The van der Waals surface area contributed by atoms with Crippen LogP contribution in [0.2, 0.25) is 0 Å². The molecule has 2 aromatic rings. The Morgan fingerprint density at radius 2 is 2.00 bits per heavy atom. The summed E-state index contributed by atoms with van der Waals surface area (Å²) < 4.78 is 5.27. The van der Waals surface area contributed by atoms with Gasteiger partial charge in [0, 0.05) is 25.6 Å². The first-order valence-electron chi connectivity index (χ1n) is 9.85. The van der Waals surface area contributed by atoms with Crippen molar-refractivity contribution in [2.24, 2.45) is 0 Å². The van der Waals surface area contributed by atoms with Crippen molar-refractivity contribution in [2.75, 3.05) is 20.2 Å². The molecule has 0 bridgehead atoms. The molecule has 1 saturated heterocycles. The van der Waals surface area contributed by atoms with E-state index in [2.05, 4.69) is 53.5 Å². The molecule has 4 nitrogen and oxygen atoms in total. The van der Waals surface area contributed by atoms with Crippen LogP contribution in [-0.2, 0) is 11.3 Å². The molecular formula is C23H30N2O2. The highest BCUT2D eigenvalue weighted by atomic mass is 16.5. The molecule has 0 aliphatic carbocycles. The normalized spacial score (nSPS) is 17.9. The van der Waals surface area contributed by atoms with Gasteiger partial charge in [0.2, 0.25) is 5.91 Å². The van der Waals surface area contributed by atoms with Crippen molar-refractivity contribution in [3.05, 3.63) is 65.7 Å². The van der Waals surface area contributed by atoms with Crippen LogP contribution in [0.25, 0.3) is 0 Å². The lowest BCUT2D eigenvalue weighted by atomic mass is 10.00. The van der Waals surface area contributed by atoms with Crippen LogP contribution in [0.15, 0.2) is 54.6 Å². The summed E-state index contributed by atoms with van der Waals surface area (Å²) in [6, 6.07) is 18.9. The molecule has 0 unspecified atom stereocenters. The minimum absolute atomic E-state index is 0.301. The minimum atomic E-state index is 0.301. The van der Waals surface area contributed by atoms with Gasteiger partial charge >= 0.3 is 0 Å². The lowest BCUT2D eigenvalue weighted by molar-refractivity contribution is -0.129. The second-order valence-corrected chi connectivity index (χ2v) is 7.37. The Kier molecular flexibility index (Phi) is 6.88. The molecule has 0 aromatic heterocycles. The summed E-state index contributed by atoms with van der Waals surface area (Å²) in [5, 5.41) is 3.51. The summed E-state index contributed by atoms with van der Waals surface area (Å²) in [5.41, 5.74) is 2.51.